The topological polar surface area (TPSA) is 23.6 Å². The second-order valence-electron chi connectivity index (χ2n) is 7.84. The molecule has 2 fully saturated rings. The van der Waals surface area contributed by atoms with Gasteiger partial charge in [0.05, 0.1) is 5.75 Å². The van der Waals surface area contributed by atoms with E-state index in [1.54, 1.807) is 11.8 Å². The highest BCUT2D eigenvalue weighted by Crippen LogP contribution is 2.25. The molecule has 0 atom stereocenters. The van der Waals surface area contributed by atoms with Crippen LogP contribution in [0.4, 0.5) is 0 Å². The number of nitrogens with zero attached hydrogens (tertiary/aromatic N) is 2. The van der Waals surface area contributed by atoms with Crippen molar-refractivity contribution < 1.29 is 4.79 Å². The van der Waals surface area contributed by atoms with E-state index in [0.717, 1.165) is 38.0 Å². The Labute approximate surface area is 167 Å². The van der Waals surface area contributed by atoms with Crippen LogP contribution in [0, 0.1) is 0 Å². The molecule has 1 aliphatic carbocycles. The van der Waals surface area contributed by atoms with E-state index in [0.29, 0.717) is 11.7 Å². The predicted octanol–water partition coefficient (Wildman–Crippen LogP) is 4.55. The molecule has 0 bridgehead atoms. The van der Waals surface area contributed by atoms with Gasteiger partial charge in [-0.3, -0.25) is 9.69 Å². The van der Waals surface area contributed by atoms with Crippen LogP contribution in [0.25, 0.3) is 10.8 Å². The van der Waals surface area contributed by atoms with Gasteiger partial charge in [0.15, 0.2) is 0 Å². The number of hydrogen-bond donors (Lipinski definition) is 0. The molecule has 27 heavy (non-hydrogen) atoms. The minimum Gasteiger partial charge on any atom is -0.339 e. The minimum absolute atomic E-state index is 0.309. The highest BCUT2D eigenvalue weighted by Gasteiger charge is 2.26. The Kier molecular flexibility index (Phi) is 6.36. The molecule has 0 aromatic heterocycles. The van der Waals surface area contributed by atoms with Gasteiger partial charge in [-0.1, -0.05) is 61.7 Å². The van der Waals surface area contributed by atoms with E-state index in [9.17, 15) is 4.79 Å². The summed E-state index contributed by atoms with van der Waals surface area (Å²) in [4.78, 5) is 17.3. The second-order valence-corrected chi connectivity index (χ2v) is 8.83. The molecule has 2 aromatic rings. The van der Waals surface area contributed by atoms with E-state index in [1.165, 1.54) is 48.4 Å². The highest BCUT2D eigenvalue weighted by atomic mass is 32.2. The molecule has 1 saturated carbocycles. The second kappa shape index (κ2) is 9.11. The number of thioether (sulfide) groups is 1. The van der Waals surface area contributed by atoms with Gasteiger partial charge in [0.2, 0.25) is 5.91 Å². The quantitative estimate of drug-likeness (QED) is 0.758. The Morgan fingerprint density at radius 2 is 1.67 bits per heavy atom. The van der Waals surface area contributed by atoms with Gasteiger partial charge in [0.25, 0.3) is 0 Å². The zero-order chi connectivity index (χ0) is 18.5. The van der Waals surface area contributed by atoms with Crippen molar-refractivity contribution in [3.63, 3.8) is 0 Å². The molecule has 1 amide bonds. The Morgan fingerprint density at radius 1 is 0.926 bits per heavy atom. The van der Waals surface area contributed by atoms with Gasteiger partial charge in [0.1, 0.15) is 0 Å². The molecular formula is C23H30N2OS. The van der Waals surface area contributed by atoms with Crippen molar-refractivity contribution in [3.05, 3.63) is 48.0 Å². The number of piperazine rings is 1. The summed E-state index contributed by atoms with van der Waals surface area (Å²) in [5.41, 5.74) is 1.33. The van der Waals surface area contributed by atoms with Crippen LogP contribution < -0.4 is 0 Å². The van der Waals surface area contributed by atoms with Gasteiger partial charge < -0.3 is 4.90 Å². The van der Waals surface area contributed by atoms with Crippen molar-refractivity contribution >= 4 is 28.4 Å². The molecule has 1 saturated heterocycles. The number of rotatable bonds is 5. The normalized spacial score (nSPS) is 19.5. The van der Waals surface area contributed by atoms with Gasteiger partial charge in [-0.05, 0) is 29.2 Å². The SMILES string of the molecule is O=C(CSCc1cccc2ccccc12)N1CCN(C2CCCCC2)CC1. The summed E-state index contributed by atoms with van der Waals surface area (Å²) in [5, 5.41) is 2.59. The average Bonchev–Trinajstić information content (AvgIpc) is 2.74. The lowest BCUT2D eigenvalue weighted by Crippen LogP contribution is -2.52. The van der Waals surface area contributed by atoms with Crippen LogP contribution in [0.5, 0.6) is 0 Å². The van der Waals surface area contributed by atoms with Crippen LogP contribution in [0.15, 0.2) is 42.5 Å². The molecule has 0 unspecified atom stereocenters. The van der Waals surface area contributed by atoms with Crippen LogP contribution >= 0.6 is 11.8 Å². The summed E-state index contributed by atoms with van der Waals surface area (Å²) < 4.78 is 0. The predicted molar refractivity (Wildman–Crippen MR) is 115 cm³/mol. The van der Waals surface area contributed by atoms with Gasteiger partial charge in [-0.2, -0.15) is 0 Å². The number of amides is 1. The van der Waals surface area contributed by atoms with E-state index in [-0.39, 0.29) is 0 Å². The zero-order valence-corrected chi connectivity index (χ0v) is 16.9. The summed E-state index contributed by atoms with van der Waals surface area (Å²) in [6.45, 7) is 3.93. The Morgan fingerprint density at radius 3 is 2.48 bits per heavy atom. The van der Waals surface area contributed by atoms with E-state index in [1.807, 2.05) is 0 Å². The maximum atomic E-state index is 12.6. The molecule has 0 spiro atoms. The summed E-state index contributed by atoms with van der Waals surface area (Å²) in [5.74, 6) is 1.80. The Bertz CT molecular complexity index is 759. The van der Waals surface area contributed by atoms with Crippen molar-refractivity contribution in [2.24, 2.45) is 0 Å². The first-order chi connectivity index (χ1) is 13.3. The van der Waals surface area contributed by atoms with Gasteiger partial charge in [-0.15, -0.1) is 11.8 Å². The van der Waals surface area contributed by atoms with Crippen molar-refractivity contribution in [1.29, 1.82) is 0 Å². The van der Waals surface area contributed by atoms with Crippen molar-refractivity contribution in [2.75, 3.05) is 31.9 Å². The molecule has 3 nitrogen and oxygen atoms in total. The maximum Gasteiger partial charge on any atom is 0.232 e. The molecule has 4 rings (SSSR count). The summed E-state index contributed by atoms with van der Waals surface area (Å²) in [6, 6.07) is 15.7. The summed E-state index contributed by atoms with van der Waals surface area (Å²) in [7, 11) is 0. The van der Waals surface area contributed by atoms with Crippen LogP contribution in [-0.2, 0) is 10.5 Å². The number of fused-ring (bicyclic) bond motifs is 1. The zero-order valence-electron chi connectivity index (χ0n) is 16.1. The van der Waals surface area contributed by atoms with Crippen molar-refractivity contribution in [1.82, 2.24) is 9.80 Å². The molecule has 4 heteroatoms. The fraction of sp³-hybridized carbons (Fsp3) is 0.522. The first-order valence-corrected chi connectivity index (χ1v) is 11.5. The summed E-state index contributed by atoms with van der Waals surface area (Å²) >= 11 is 1.75. The Hall–Kier alpha value is -1.52. The first kappa shape index (κ1) is 18.8. The molecule has 0 radical (unpaired) electrons. The molecule has 1 aliphatic heterocycles. The van der Waals surface area contributed by atoms with Crippen molar-refractivity contribution in [3.8, 4) is 0 Å². The highest BCUT2D eigenvalue weighted by molar-refractivity contribution is 7.99. The lowest BCUT2D eigenvalue weighted by Gasteiger charge is -2.40. The molecule has 1 heterocycles. The van der Waals surface area contributed by atoms with E-state index < -0.39 is 0 Å². The lowest BCUT2D eigenvalue weighted by atomic mass is 9.94. The van der Waals surface area contributed by atoms with Crippen LogP contribution in [0.1, 0.15) is 37.7 Å². The monoisotopic (exact) mass is 382 g/mol. The van der Waals surface area contributed by atoms with Gasteiger partial charge in [-0.25, -0.2) is 0 Å². The average molecular weight is 383 g/mol. The molecular weight excluding hydrogens is 352 g/mol. The lowest BCUT2D eigenvalue weighted by molar-refractivity contribution is -0.130. The number of benzene rings is 2. The smallest absolute Gasteiger partial charge is 0.232 e. The number of hydrogen-bond acceptors (Lipinski definition) is 3. The van der Waals surface area contributed by atoms with Crippen LogP contribution in [0.3, 0.4) is 0 Å². The maximum absolute atomic E-state index is 12.6. The van der Waals surface area contributed by atoms with Gasteiger partial charge >= 0.3 is 0 Å². The third kappa shape index (κ3) is 4.67. The fourth-order valence-corrected chi connectivity index (χ4v) is 5.47. The van der Waals surface area contributed by atoms with E-state index >= 15 is 0 Å². The first-order valence-electron chi connectivity index (χ1n) is 10.4. The number of carbonyl (C=O) groups excluding carboxylic acids is 1. The molecule has 0 N–H and O–H groups in total. The molecule has 2 aromatic carbocycles. The largest absolute Gasteiger partial charge is 0.339 e. The third-order valence-electron chi connectivity index (χ3n) is 6.12. The minimum atomic E-state index is 0.309. The van der Waals surface area contributed by atoms with Gasteiger partial charge in [0, 0.05) is 38.0 Å². The standard InChI is InChI=1S/C23H30N2OS/c26-23(25-15-13-24(14-16-25)21-10-2-1-3-11-21)18-27-17-20-9-6-8-19-7-4-5-12-22(19)20/h4-9,12,21H,1-3,10-11,13-18H2. The summed E-state index contributed by atoms with van der Waals surface area (Å²) in [6.07, 6.45) is 6.88. The van der Waals surface area contributed by atoms with Crippen molar-refractivity contribution in [2.45, 2.75) is 43.9 Å². The van der Waals surface area contributed by atoms with E-state index in [2.05, 4.69) is 52.3 Å². The van der Waals surface area contributed by atoms with Crippen LogP contribution in [0.2, 0.25) is 0 Å². The fourth-order valence-electron chi connectivity index (χ4n) is 4.54. The molecule has 144 valence electrons. The third-order valence-corrected chi connectivity index (χ3v) is 7.09. The Balaban J connectivity index is 1.24. The number of carbonyl (C=O) groups is 1. The van der Waals surface area contributed by atoms with Crippen LogP contribution in [-0.4, -0.2) is 53.7 Å². The van der Waals surface area contributed by atoms with E-state index in [4.69, 9.17) is 0 Å². The molecule has 2 aliphatic rings.